The van der Waals surface area contributed by atoms with Crippen molar-refractivity contribution in [3.8, 4) is 11.4 Å². The number of rotatable bonds is 2. The van der Waals surface area contributed by atoms with Gasteiger partial charge >= 0.3 is 0 Å². The number of pyridine rings is 1. The maximum absolute atomic E-state index is 5.69. The van der Waals surface area contributed by atoms with Crippen molar-refractivity contribution in [2.24, 2.45) is 0 Å². The molecule has 4 nitrogen and oxygen atoms in total. The Morgan fingerprint density at radius 1 is 1.23 bits per heavy atom. The van der Waals surface area contributed by atoms with Gasteiger partial charge in [-0.25, -0.2) is 9.97 Å². The second-order valence-corrected chi connectivity index (χ2v) is 5.89. The SMILES string of the molecule is Cc1cccc(-c2nc3cccnc3n2C2CCCOC2)c1. The van der Waals surface area contributed by atoms with Crippen LogP contribution < -0.4 is 0 Å². The molecule has 0 aliphatic carbocycles. The lowest BCUT2D eigenvalue weighted by molar-refractivity contribution is 0.0608. The van der Waals surface area contributed by atoms with Crippen molar-refractivity contribution in [3.63, 3.8) is 0 Å². The largest absolute Gasteiger partial charge is 0.379 e. The molecular formula is C18H19N3O. The van der Waals surface area contributed by atoms with Gasteiger partial charge in [-0.05, 0) is 38.0 Å². The summed E-state index contributed by atoms with van der Waals surface area (Å²) < 4.78 is 7.96. The highest BCUT2D eigenvalue weighted by Crippen LogP contribution is 2.31. The molecule has 22 heavy (non-hydrogen) atoms. The van der Waals surface area contributed by atoms with E-state index in [1.807, 2.05) is 18.3 Å². The molecule has 4 rings (SSSR count). The average Bonchev–Trinajstić information content (AvgIpc) is 2.95. The predicted molar refractivity (Wildman–Crippen MR) is 86.8 cm³/mol. The molecule has 1 aliphatic heterocycles. The fourth-order valence-electron chi connectivity index (χ4n) is 3.19. The minimum absolute atomic E-state index is 0.309. The molecule has 1 saturated heterocycles. The number of hydrogen-bond donors (Lipinski definition) is 0. The molecule has 0 saturated carbocycles. The third-order valence-electron chi connectivity index (χ3n) is 4.23. The predicted octanol–water partition coefficient (Wildman–Crippen LogP) is 3.76. The van der Waals surface area contributed by atoms with Gasteiger partial charge in [-0.2, -0.15) is 0 Å². The van der Waals surface area contributed by atoms with Gasteiger partial charge in [-0.15, -0.1) is 0 Å². The van der Waals surface area contributed by atoms with Crippen LogP contribution in [-0.4, -0.2) is 27.7 Å². The molecule has 0 amide bonds. The molecule has 1 aliphatic rings. The second-order valence-electron chi connectivity index (χ2n) is 5.89. The van der Waals surface area contributed by atoms with Gasteiger partial charge in [0.05, 0.1) is 12.6 Å². The van der Waals surface area contributed by atoms with Crippen LogP contribution in [0.15, 0.2) is 42.6 Å². The maximum atomic E-state index is 5.69. The fourth-order valence-corrected chi connectivity index (χ4v) is 3.19. The third-order valence-corrected chi connectivity index (χ3v) is 4.23. The molecule has 4 heteroatoms. The van der Waals surface area contributed by atoms with Gasteiger partial charge in [-0.3, -0.25) is 0 Å². The van der Waals surface area contributed by atoms with Crippen LogP contribution in [0.25, 0.3) is 22.6 Å². The normalized spacial score (nSPS) is 18.7. The van der Waals surface area contributed by atoms with E-state index in [-0.39, 0.29) is 0 Å². The first-order chi connectivity index (χ1) is 10.8. The van der Waals surface area contributed by atoms with E-state index < -0.39 is 0 Å². The highest BCUT2D eigenvalue weighted by atomic mass is 16.5. The van der Waals surface area contributed by atoms with Crippen LogP contribution in [0.2, 0.25) is 0 Å². The Morgan fingerprint density at radius 3 is 3.00 bits per heavy atom. The van der Waals surface area contributed by atoms with Gasteiger partial charge in [0.2, 0.25) is 0 Å². The monoisotopic (exact) mass is 293 g/mol. The van der Waals surface area contributed by atoms with Crippen LogP contribution in [0.4, 0.5) is 0 Å². The summed E-state index contributed by atoms with van der Waals surface area (Å²) in [5.41, 5.74) is 4.28. The summed E-state index contributed by atoms with van der Waals surface area (Å²) in [5, 5.41) is 0. The molecule has 3 heterocycles. The van der Waals surface area contributed by atoms with E-state index in [4.69, 9.17) is 9.72 Å². The highest BCUT2D eigenvalue weighted by Gasteiger charge is 2.23. The number of aryl methyl sites for hydroxylation is 1. The maximum Gasteiger partial charge on any atom is 0.160 e. The van der Waals surface area contributed by atoms with Crippen molar-refractivity contribution in [2.75, 3.05) is 13.2 Å². The van der Waals surface area contributed by atoms with Crippen LogP contribution in [0.5, 0.6) is 0 Å². The number of benzene rings is 1. The van der Waals surface area contributed by atoms with E-state index in [0.29, 0.717) is 6.04 Å². The Bertz CT molecular complexity index is 803. The molecular weight excluding hydrogens is 274 g/mol. The minimum atomic E-state index is 0.309. The van der Waals surface area contributed by atoms with Crippen LogP contribution in [0.3, 0.4) is 0 Å². The van der Waals surface area contributed by atoms with Gasteiger partial charge in [0.15, 0.2) is 5.65 Å². The van der Waals surface area contributed by atoms with Crippen molar-refractivity contribution in [3.05, 3.63) is 48.2 Å². The summed E-state index contributed by atoms with van der Waals surface area (Å²) in [5.74, 6) is 0.993. The number of aromatic nitrogens is 3. The number of nitrogens with zero attached hydrogens (tertiary/aromatic N) is 3. The number of fused-ring (bicyclic) bond motifs is 1. The Kier molecular flexibility index (Phi) is 3.39. The summed E-state index contributed by atoms with van der Waals surface area (Å²) in [6.07, 6.45) is 4.04. The number of imidazole rings is 1. The molecule has 112 valence electrons. The first-order valence-corrected chi connectivity index (χ1v) is 7.80. The van der Waals surface area contributed by atoms with Gasteiger partial charge in [0, 0.05) is 18.4 Å². The van der Waals surface area contributed by atoms with E-state index >= 15 is 0 Å². The minimum Gasteiger partial charge on any atom is -0.379 e. The molecule has 0 N–H and O–H groups in total. The summed E-state index contributed by atoms with van der Waals surface area (Å²) in [6.45, 7) is 3.70. The van der Waals surface area contributed by atoms with Gasteiger partial charge in [-0.1, -0.05) is 23.8 Å². The Labute approximate surface area is 129 Å². The van der Waals surface area contributed by atoms with E-state index in [1.54, 1.807) is 0 Å². The van der Waals surface area contributed by atoms with E-state index in [9.17, 15) is 0 Å². The zero-order chi connectivity index (χ0) is 14.9. The lowest BCUT2D eigenvalue weighted by atomic mass is 10.1. The quantitative estimate of drug-likeness (QED) is 0.722. The molecule has 1 unspecified atom stereocenters. The fraction of sp³-hybridized carbons (Fsp3) is 0.333. The topological polar surface area (TPSA) is 39.9 Å². The molecule has 0 radical (unpaired) electrons. The summed E-state index contributed by atoms with van der Waals surface area (Å²) in [4.78, 5) is 9.41. The van der Waals surface area contributed by atoms with Crippen molar-refractivity contribution in [1.82, 2.24) is 14.5 Å². The molecule has 1 fully saturated rings. The zero-order valence-corrected chi connectivity index (χ0v) is 12.7. The van der Waals surface area contributed by atoms with Crippen LogP contribution in [0.1, 0.15) is 24.4 Å². The molecule has 1 aromatic carbocycles. The third kappa shape index (κ3) is 2.29. The second kappa shape index (κ2) is 5.54. The zero-order valence-electron chi connectivity index (χ0n) is 12.7. The Hall–Kier alpha value is -2.20. The standard InChI is InChI=1S/C18H19N3O/c1-13-5-2-6-14(11-13)17-20-16-8-3-9-19-18(16)21(17)15-7-4-10-22-12-15/h2-3,5-6,8-9,11,15H,4,7,10,12H2,1H3. The molecule has 3 aromatic rings. The van der Waals surface area contributed by atoms with Gasteiger partial charge < -0.3 is 9.30 Å². The smallest absolute Gasteiger partial charge is 0.160 e. The Balaban J connectivity index is 1.93. The number of ether oxygens (including phenoxy) is 1. The van der Waals surface area contributed by atoms with Gasteiger partial charge in [0.1, 0.15) is 11.3 Å². The summed E-state index contributed by atoms with van der Waals surface area (Å²) in [6, 6.07) is 12.8. The van der Waals surface area contributed by atoms with Crippen LogP contribution >= 0.6 is 0 Å². The molecule has 2 aromatic heterocycles. The lowest BCUT2D eigenvalue weighted by Gasteiger charge is -2.25. The summed E-state index contributed by atoms with van der Waals surface area (Å²) in [7, 11) is 0. The Morgan fingerprint density at radius 2 is 2.18 bits per heavy atom. The van der Waals surface area contributed by atoms with Crippen molar-refractivity contribution >= 4 is 11.2 Å². The van der Waals surface area contributed by atoms with Gasteiger partial charge in [0.25, 0.3) is 0 Å². The van der Waals surface area contributed by atoms with Crippen molar-refractivity contribution in [1.29, 1.82) is 0 Å². The number of hydrogen-bond acceptors (Lipinski definition) is 3. The van der Waals surface area contributed by atoms with Crippen molar-refractivity contribution in [2.45, 2.75) is 25.8 Å². The van der Waals surface area contributed by atoms with Crippen LogP contribution in [0, 0.1) is 6.92 Å². The highest BCUT2D eigenvalue weighted by molar-refractivity contribution is 5.77. The first-order valence-electron chi connectivity index (χ1n) is 7.80. The summed E-state index contributed by atoms with van der Waals surface area (Å²) >= 11 is 0. The van der Waals surface area contributed by atoms with E-state index in [2.05, 4.69) is 40.7 Å². The average molecular weight is 293 g/mol. The van der Waals surface area contributed by atoms with E-state index in [1.165, 1.54) is 5.56 Å². The van der Waals surface area contributed by atoms with Crippen molar-refractivity contribution < 1.29 is 4.74 Å². The lowest BCUT2D eigenvalue weighted by Crippen LogP contribution is -2.22. The molecule has 1 atom stereocenters. The molecule has 0 bridgehead atoms. The van der Waals surface area contributed by atoms with E-state index in [0.717, 1.165) is 48.6 Å². The molecule has 0 spiro atoms. The first kappa shape index (κ1) is 13.5. The van der Waals surface area contributed by atoms with Crippen LogP contribution in [-0.2, 0) is 4.74 Å².